The lowest BCUT2D eigenvalue weighted by molar-refractivity contribution is 1.30. The van der Waals surface area contributed by atoms with Gasteiger partial charge in [0.05, 0.1) is 22.8 Å². The van der Waals surface area contributed by atoms with Crippen LogP contribution in [0.2, 0.25) is 0 Å². The molecule has 4 nitrogen and oxygen atoms in total. The highest BCUT2D eigenvalue weighted by Crippen LogP contribution is 2.41. The summed E-state index contributed by atoms with van der Waals surface area (Å²) in [7, 11) is 0. The molecule has 0 radical (unpaired) electrons. The first-order valence-electron chi connectivity index (χ1n) is 15.4. The largest absolute Gasteiger partial charge is 0.337 e. The molecule has 46 heavy (non-hydrogen) atoms. The van der Waals surface area contributed by atoms with Crippen molar-refractivity contribution in [3.05, 3.63) is 170 Å². The summed E-state index contributed by atoms with van der Waals surface area (Å²) in [5.74, 6) is 1.63. The molecule has 218 valence electrons. The van der Waals surface area contributed by atoms with Crippen LogP contribution in [-0.4, -0.2) is 19.9 Å². The van der Waals surface area contributed by atoms with Crippen molar-refractivity contribution in [2.75, 3.05) is 0 Å². The third kappa shape index (κ3) is 5.12. The second-order valence-electron chi connectivity index (χ2n) is 11.2. The number of H-pyrrole nitrogens is 2. The standard InChI is InChI=1S/C42H30N4/c1-5-17-29(18-6-1)37-38(30-19-7-2-8-20-30)44-41(43-37)35-27-15-13-25-33(35)34-26-14-16-28-36(34)42-45-39(31-21-9-3-10-22-31)40(46-42)32-23-11-4-12-24-32/h1-28H,(H,43,44)(H,45,46). The number of aromatic nitrogens is 4. The second-order valence-corrected chi connectivity index (χ2v) is 11.2. The van der Waals surface area contributed by atoms with E-state index in [-0.39, 0.29) is 0 Å². The number of benzene rings is 6. The maximum absolute atomic E-state index is 5.23. The molecule has 2 aromatic heterocycles. The minimum absolute atomic E-state index is 0.817. The van der Waals surface area contributed by atoms with Gasteiger partial charge in [-0.05, 0) is 11.1 Å². The Morgan fingerprint density at radius 1 is 0.283 bits per heavy atom. The number of rotatable bonds is 7. The molecule has 0 saturated carbocycles. The van der Waals surface area contributed by atoms with E-state index in [0.29, 0.717) is 0 Å². The van der Waals surface area contributed by atoms with Crippen LogP contribution in [0.1, 0.15) is 0 Å². The number of nitrogens with zero attached hydrogens (tertiary/aromatic N) is 2. The molecule has 2 N–H and O–H groups in total. The second kappa shape index (κ2) is 12.0. The Bertz CT molecular complexity index is 1960. The van der Waals surface area contributed by atoms with Crippen LogP contribution >= 0.6 is 0 Å². The van der Waals surface area contributed by atoms with Gasteiger partial charge < -0.3 is 9.97 Å². The van der Waals surface area contributed by atoms with Crippen LogP contribution < -0.4 is 0 Å². The molecular weight excluding hydrogens is 560 g/mol. The van der Waals surface area contributed by atoms with Gasteiger partial charge in [0.2, 0.25) is 0 Å². The fourth-order valence-corrected chi connectivity index (χ4v) is 6.09. The SMILES string of the molecule is c1ccc(-c2nc(-c3ccccc3-c3ccccc3-c3nc(-c4ccccc4)c(-c4ccccc4)[nH]3)[nH]c2-c2ccccc2)cc1. The summed E-state index contributed by atoms with van der Waals surface area (Å²) in [5.41, 5.74) is 12.4. The Morgan fingerprint density at radius 3 is 0.913 bits per heavy atom. The summed E-state index contributed by atoms with van der Waals surface area (Å²) >= 11 is 0. The average Bonchev–Trinajstić information content (AvgIpc) is 3.79. The summed E-state index contributed by atoms with van der Waals surface area (Å²) in [6, 6.07) is 58.5. The minimum Gasteiger partial charge on any atom is -0.337 e. The first kappa shape index (κ1) is 27.3. The van der Waals surface area contributed by atoms with E-state index in [0.717, 1.165) is 78.9 Å². The van der Waals surface area contributed by atoms with Gasteiger partial charge >= 0.3 is 0 Å². The average molecular weight is 591 g/mol. The molecular formula is C42H30N4. The maximum Gasteiger partial charge on any atom is 0.139 e. The van der Waals surface area contributed by atoms with Crippen LogP contribution in [0.4, 0.5) is 0 Å². The molecule has 4 heteroatoms. The highest BCUT2D eigenvalue weighted by atomic mass is 14.9. The smallest absolute Gasteiger partial charge is 0.139 e. The molecule has 0 fully saturated rings. The van der Waals surface area contributed by atoms with Gasteiger partial charge in [-0.3, -0.25) is 0 Å². The molecule has 0 aliphatic rings. The Hall–Kier alpha value is -6.26. The zero-order valence-corrected chi connectivity index (χ0v) is 25.1. The Balaban J connectivity index is 1.29. The predicted octanol–water partition coefficient (Wildman–Crippen LogP) is 10.8. The quantitative estimate of drug-likeness (QED) is 0.194. The molecule has 8 aromatic rings. The lowest BCUT2D eigenvalue weighted by Gasteiger charge is -2.12. The zero-order valence-electron chi connectivity index (χ0n) is 25.1. The van der Waals surface area contributed by atoms with Crippen molar-refractivity contribution in [1.29, 1.82) is 0 Å². The topological polar surface area (TPSA) is 57.4 Å². The van der Waals surface area contributed by atoms with Crippen molar-refractivity contribution in [2.24, 2.45) is 0 Å². The number of hydrogen-bond donors (Lipinski definition) is 2. The molecule has 0 bridgehead atoms. The fourth-order valence-electron chi connectivity index (χ4n) is 6.09. The van der Waals surface area contributed by atoms with E-state index < -0.39 is 0 Å². The van der Waals surface area contributed by atoms with Crippen LogP contribution in [0.25, 0.3) is 78.9 Å². The normalized spacial score (nSPS) is 11.0. The van der Waals surface area contributed by atoms with Gasteiger partial charge in [0.25, 0.3) is 0 Å². The highest BCUT2D eigenvalue weighted by Gasteiger charge is 2.21. The summed E-state index contributed by atoms with van der Waals surface area (Å²) in [4.78, 5) is 17.9. The summed E-state index contributed by atoms with van der Waals surface area (Å²) in [5, 5.41) is 0. The molecule has 6 aromatic carbocycles. The van der Waals surface area contributed by atoms with Gasteiger partial charge in [0.1, 0.15) is 11.6 Å². The first-order chi connectivity index (χ1) is 22.8. The van der Waals surface area contributed by atoms with Crippen LogP contribution in [0.3, 0.4) is 0 Å². The van der Waals surface area contributed by atoms with Gasteiger partial charge in [-0.25, -0.2) is 9.97 Å². The molecule has 0 spiro atoms. The van der Waals surface area contributed by atoms with Crippen molar-refractivity contribution in [1.82, 2.24) is 19.9 Å². The van der Waals surface area contributed by atoms with Crippen molar-refractivity contribution in [2.45, 2.75) is 0 Å². The first-order valence-corrected chi connectivity index (χ1v) is 15.4. The molecule has 0 unspecified atom stereocenters. The van der Waals surface area contributed by atoms with Gasteiger partial charge in [-0.1, -0.05) is 170 Å². The summed E-state index contributed by atoms with van der Waals surface area (Å²) in [6.07, 6.45) is 0. The predicted molar refractivity (Wildman–Crippen MR) is 189 cm³/mol. The van der Waals surface area contributed by atoms with E-state index in [4.69, 9.17) is 9.97 Å². The third-order valence-corrected chi connectivity index (χ3v) is 8.28. The van der Waals surface area contributed by atoms with E-state index >= 15 is 0 Å². The van der Waals surface area contributed by atoms with Gasteiger partial charge in [-0.15, -0.1) is 0 Å². The fraction of sp³-hybridized carbons (Fsp3) is 0. The Morgan fingerprint density at radius 2 is 0.565 bits per heavy atom. The number of imidazole rings is 2. The molecule has 2 heterocycles. The summed E-state index contributed by atoms with van der Waals surface area (Å²) in [6.45, 7) is 0. The number of aromatic amines is 2. The number of nitrogens with one attached hydrogen (secondary N) is 2. The molecule has 0 amide bonds. The van der Waals surface area contributed by atoms with Crippen molar-refractivity contribution in [3.63, 3.8) is 0 Å². The van der Waals surface area contributed by atoms with Crippen molar-refractivity contribution in [3.8, 4) is 78.9 Å². The molecule has 0 atom stereocenters. The van der Waals surface area contributed by atoms with E-state index in [1.807, 2.05) is 24.3 Å². The Kier molecular flexibility index (Phi) is 7.14. The monoisotopic (exact) mass is 590 g/mol. The lowest BCUT2D eigenvalue weighted by atomic mass is 9.94. The maximum atomic E-state index is 5.23. The van der Waals surface area contributed by atoms with Crippen LogP contribution in [0.15, 0.2) is 170 Å². The van der Waals surface area contributed by atoms with Crippen LogP contribution in [0.5, 0.6) is 0 Å². The lowest BCUT2D eigenvalue weighted by Crippen LogP contribution is -1.91. The van der Waals surface area contributed by atoms with E-state index in [9.17, 15) is 0 Å². The van der Waals surface area contributed by atoms with Crippen LogP contribution in [0, 0.1) is 0 Å². The number of hydrogen-bond acceptors (Lipinski definition) is 2. The van der Waals surface area contributed by atoms with Gasteiger partial charge in [0, 0.05) is 33.4 Å². The minimum atomic E-state index is 0.817. The van der Waals surface area contributed by atoms with Crippen LogP contribution in [-0.2, 0) is 0 Å². The molecule has 0 saturated heterocycles. The van der Waals surface area contributed by atoms with Crippen molar-refractivity contribution < 1.29 is 0 Å². The Labute approximate surface area is 268 Å². The third-order valence-electron chi connectivity index (χ3n) is 8.28. The molecule has 0 aliphatic carbocycles. The van der Waals surface area contributed by atoms with E-state index in [1.54, 1.807) is 0 Å². The van der Waals surface area contributed by atoms with E-state index in [2.05, 4.69) is 156 Å². The summed E-state index contributed by atoms with van der Waals surface area (Å²) < 4.78 is 0. The van der Waals surface area contributed by atoms with Gasteiger partial charge in [-0.2, -0.15) is 0 Å². The van der Waals surface area contributed by atoms with E-state index in [1.165, 1.54) is 0 Å². The zero-order chi connectivity index (χ0) is 30.7. The van der Waals surface area contributed by atoms with Gasteiger partial charge in [0.15, 0.2) is 0 Å². The molecule has 8 rings (SSSR count). The highest BCUT2D eigenvalue weighted by molar-refractivity contribution is 5.92. The van der Waals surface area contributed by atoms with Crippen molar-refractivity contribution >= 4 is 0 Å². The molecule has 0 aliphatic heterocycles.